The van der Waals surface area contributed by atoms with Crippen molar-refractivity contribution in [2.45, 2.75) is 144 Å². The quantitative estimate of drug-likeness (QED) is 0.170. The predicted octanol–water partition coefficient (Wildman–Crippen LogP) is 12.1. The SMILES string of the molecule is CC(C)(C)c1cc(-n2c3ccccc3c3ccc([Si](C)(C)c4cc(C(C)(C)C)cc(C(C)(C)C)c4)c(C(C)(C)C)c32)cc(C(C)(C)C)c1. The number of nitrogens with zero attached hydrogens (tertiary/aromatic N) is 1. The van der Waals surface area contributed by atoms with Gasteiger partial charge in [0.05, 0.1) is 11.0 Å². The molecule has 0 spiro atoms. The molecule has 1 nitrogen and oxygen atoms in total. The topological polar surface area (TPSA) is 4.93 Å². The van der Waals surface area contributed by atoms with Crippen LogP contribution in [0.2, 0.25) is 13.1 Å². The molecule has 4 aromatic carbocycles. The molecule has 0 saturated heterocycles. The highest BCUT2D eigenvalue weighted by atomic mass is 28.3. The zero-order chi connectivity index (χ0) is 36.0. The highest BCUT2D eigenvalue weighted by Crippen LogP contribution is 2.41. The third-order valence-corrected chi connectivity index (χ3v) is 14.1. The molecule has 5 aromatic rings. The van der Waals surface area contributed by atoms with Crippen molar-refractivity contribution in [3.8, 4) is 5.69 Å². The minimum absolute atomic E-state index is 0.0323. The summed E-state index contributed by atoms with van der Waals surface area (Å²) in [5.74, 6) is 0. The normalized spacial score (nSPS) is 13.9. The van der Waals surface area contributed by atoms with Crippen LogP contribution in [0.15, 0.2) is 72.8 Å². The molecular weight excluding hydrogens is 595 g/mol. The van der Waals surface area contributed by atoms with E-state index >= 15 is 0 Å². The maximum absolute atomic E-state index is 2.62. The second-order valence-corrected chi connectivity index (χ2v) is 24.5. The van der Waals surface area contributed by atoms with E-state index in [-0.39, 0.29) is 27.1 Å². The average molecular weight is 658 g/mol. The Kier molecular flexibility index (Phi) is 8.65. The number of rotatable bonds is 3. The van der Waals surface area contributed by atoms with Gasteiger partial charge in [-0.25, -0.2) is 0 Å². The lowest BCUT2D eigenvalue weighted by atomic mass is 9.80. The number of hydrogen-bond donors (Lipinski definition) is 0. The molecule has 1 heterocycles. The first-order valence-corrected chi connectivity index (χ1v) is 21.1. The van der Waals surface area contributed by atoms with E-state index in [0.717, 1.165) is 0 Å². The molecule has 0 aliphatic rings. The van der Waals surface area contributed by atoms with Gasteiger partial charge >= 0.3 is 0 Å². The van der Waals surface area contributed by atoms with E-state index in [1.165, 1.54) is 60.5 Å². The second kappa shape index (κ2) is 11.5. The van der Waals surface area contributed by atoms with Crippen LogP contribution in [0.3, 0.4) is 0 Å². The molecule has 0 aliphatic heterocycles. The maximum Gasteiger partial charge on any atom is 0.112 e. The van der Waals surface area contributed by atoms with Crippen molar-refractivity contribution in [1.82, 2.24) is 4.57 Å². The summed E-state index contributed by atoms with van der Waals surface area (Å²) in [6, 6.07) is 29.0. The molecule has 0 saturated carbocycles. The molecular formula is C46H63NSi. The zero-order valence-corrected chi connectivity index (χ0v) is 34.4. The molecule has 0 fully saturated rings. The highest BCUT2D eigenvalue weighted by molar-refractivity contribution is 7.00. The minimum Gasteiger partial charge on any atom is -0.309 e. The Balaban J connectivity index is 1.96. The van der Waals surface area contributed by atoms with Gasteiger partial charge in [-0.15, -0.1) is 0 Å². The Bertz CT molecular complexity index is 1930. The number of hydrogen-bond acceptors (Lipinski definition) is 0. The third-order valence-electron chi connectivity index (χ3n) is 10.6. The van der Waals surface area contributed by atoms with Crippen LogP contribution in [0, 0.1) is 0 Å². The first-order valence-electron chi connectivity index (χ1n) is 18.1. The Labute approximate surface area is 294 Å². The summed E-state index contributed by atoms with van der Waals surface area (Å²) in [7, 11) is -2.22. The van der Waals surface area contributed by atoms with Gasteiger partial charge in [0, 0.05) is 16.5 Å². The van der Waals surface area contributed by atoms with Gasteiger partial charge < -0.3 is 4.57 Å². The highest BCUT2D eigenvalue weighted by Gasteiger charge is 2.36. The monoisotopic (exact) mass is 657 g/mol. The summed E-state index contributed by atoms with van der Waals surface area (Å²) in [5, 5.41) is 5.74. The van der Waals surface area contributed by atoms with Gasteiger partial charge in [-0.1, -0.05) is 177 Å². The lowest BCUT2D eigenvalue weighted by molar-refractivity contribution is 0.567. The van der Waals surface area contributed by atoms with E-state index < -0.39 is 8.07 Å². The van der Waals surface area contributed by atoms with Crippen molar-refractivity contribution >= 4 is 40.3 Å². The molecule has 0 bridgehead atoms. The summed E-state index contributed by atoms with van der Waals surface area (Å²) in [5.41, 5.74) is 11.2. The van der Waals surface area contributed by atoms with Gasteiger partial charge in [-0.05, 0) is 78.3 Å². The van der Waals surface area contributed by atoms with Crippen molar-refractivity contribution in [3.63, 3.8) is 0 Å². The summed E-state index contributed by atoms with van der Waals surface area (Å²) < 4.78 is 2.62. The van der Waals surface area contributed by atoms with Gasteiger partial charge in [-0.3, -0.25) is 0 Å². The number of fused-ring (bicyclic) bond motifs is 3. The van der Waals surface area contributed by atoms with Crippen molar-refractivity contribution in [3.05, 3.63) is 101 Å². The summed E-state index contributed by atoms with van der Waals surface area (Å²) >= 11 is 0. The van der Waals surface area contributed by atoms with Gasteiger partial charge in [0.15, 0.2) is 0 Å². The molecule has 0 N–H and O–H groups in total. The lowest BCUT2D eigenvalue weighted by Crippen LogP contribution is -2.56. The first kappa shape index (κ1) is 36.2. The average Bonchev–Trinajstić information content (AvgIpc) is 3.28. The van der Waals surface area contributed by atoms with Gasteiger partial charge in [0.1, 0.15) is 8.07 Å². The fourth-order valence-corrected chi connectivity index (χ4v) is 10.2. The fourth-order valence-electron chi connectivity index (χ4n) is 7.22. The van der Waals surface area contributed by atoms with Crippen LogP contribution in [-0.4, -0.2) is 12.6 Å². The van der Waals surface area contributed by atoms with E-state index in [1.54, 1.807) is 5.19 Å². The van der Waals surface area contributed by atoms with Crippen LogP contribution in [0.25, 0.3) is 27.5 Å². The Morgan fingerprint density at radius 3 is 1.33 bits per heavy atom. The van der Waals surface area contributed by atoms with E-state index in [9.17, 15) is 0 Å². The van der Waals surface area contributed by atoms with Crippen molar-refractivity contribution < 1.29 is 0 Å². The van der Waals surface area contributed by atoms with Crippen LogP contribution in [0.4, 0.5) is 0 Å². The number of aromatic nitrogens is 1. The van der Waals surface area contributed by atoms with Crippen LogP contribution in [-0.2, 0) is 27.1 Å². The molecule has 0 amide bonds. The zero-order valence-electron chi connectivity index (χ0n) is 33.4. The summed E-state index contributed by atoms with van der Waals surface area (Å²) in [4.78, 5) is 0. The molecule has 0 atom stereocenters. The molecule has 5 rings (SSSR count). The van der Waals surface area contributed by atoms with Crippen LogP contribution in [0.1, 0.15) is 132 Å². The van der Waals surface area contributed by atoms with Crippen LogP contribution in [0.5, 0.6) is 0 Å². The third kappa shape index (κ3) is 6.59. The van der Waals surface area contributed by atoms with Crippen molar-refractivity contribution in [2.24, 2.45) is 0 Å². The molecule has 256 valence electrons. The van der Waals surface area contributed by atoms with Gasteiger partial charge in [-0.2, -0.15) is 0 Å². The molecule has 48 heavy (non-hydrogen) atoms. The predicted molar refractivity (Wildman–Crippen MR) is 217 cm³/mol. The maximum atomic E-state index is 2.62. The van der Waals surface area contributed by atoms with Gasteiger partial charge in [0.25, 0.3) is 0 Å². The lowest BCUT2D eigenvalue weighted by Gasteiger charge is -2.35. The summed E-state index contributed by atoms with van der Waals surface area (Å²) in [6.07, 6.45) is 0. The van der Waals surface area contributed by atoms with Crippen molar-refractivity contribution in [1.29, 1.82) is 0 Å². The molecule has 1 aromatic heterocycles. The standard InChI is InChI=1S/C46H63NSi/c1-42(2,3)30-24-31(43(4,5)6)27-34(26-30)47-38-21-19-18-20-36(38)37-22-23-39(40(41(37)47)46(13,14)15)48(16,17)35-28-32(44(7,8)9)25-33(29-35)45(10,11)12/h18-29H,1-17H3. The Hall–Kier alpha value is -3.10. The molecule has 0 unspecified atom stereocenters. The number of benzene rings is 4. The molecule has 2 heteroatoms. The van der Waals surface area contributed by atoms with Gasteiger partial charge in [0.2, 0.25) is 0 Å². The van der Waals surface area contributed by atoms with E-state index in [1.807, 2.05) is 0 Å². The molecule has 0 aliphatic carbocycles. The van der Waals surface area contributed by atoms with E-state index in [4.69, 9.17) is 0 Å². The Morgan fingerprint density at radius 2 is 0.896 bits per heavy atom. The fraction of sp³-hybridized carbons (Fsp3) is 0.478. The first-order chi connectivity index (χ1) is 21.7. The van der Waals surface area contributed by atoms with E-state index in [2.05, 4.69) is 194 Å². The largest absolute Gasteiger partial charge is 0.309 e. The van der Waals surface area contributed by atoms with Crippen LogP contribution < -0.4 is 10.4 Å². The van der Waals surface area contributed by atoms with Crippen LogP contribution >= 0.6 is 0 Å². The smallest absolute Gasteiger partial charge is 0.112 e. The summed E-state index contributed by atoms with van der Waals surface area (Å²) in [6.45, 7) is 40.6. The second-order valence-electron chi connectivity index (χ2n) is 20.2. The van der Waals surface area contributed by atoms with Crippen molar-refractivity contribution in [2.75, 3.05) is 0 Å². The Morgan fingerprint density at radius 1 is 0.458 bits per heavy atom. The minimum atomic E-state index is -2.22. The molecule has 0 radical (unpaired) electrons. The number of para-hydroxylation sites is 1. The van der Waals surface area contributed by atoms with E-state index in [0.29, 0.717) is 0 Å².